The largest absolute Gasteiger partial charge is 0.348 e. The lowest BCUT2D eigenvalue weighted by Crippen LogP contribution is -2.41. The quantitative estimate of drug-likeness (QED) is 0.784. The van der Waals surface area contributed by atoms with E-state index >= 15 is 0 Å². The number of anilines is 1. The Morgan fingerprint density at radius 2 is 1.68 bits per heavy atom. The van der Waals surface area contributed by atoms with Crippen LogP contribution in [0, 0.1) is 19.8 Å². The van der Waals surface area contributed by atoms with E-state index in [4.69, 9.17) is 0 Å². The predicted octanol–water partition coefficient (Wildman–Crippen LogP) is 3.27. The highest BCUT2D eigenvalue weighted by molar-refractivity contribution is 6.39. The first kappa shape index (κ1) is 20.1. The molecule has 1 aliphatic heterocycles. The SMILES string of the molecule is Cc1ccc(NC(=O)C(=O)NCC2CCN(Cc3ccccc3)CC2)cc1C. The minimum absolute atomic E-state index is 0.422. The van der Waals surface area contributed by atoms with Crippen LogP contribution in [-0.4, -0.2) is 36.3 Å². The highest BCUT2D eigenvalue weighted by atomic mass is 16.2. The lowest BCUT2D eigenvalue weighted by Gasteiger charge is -2.32. The zero-order valence-corrected chi connectivity index (χ0v) is 16.7. The first-order valence-electron chi connectivity index (χ1n) is 9.94. The van der Waals surface area contributed by atoms with Crippen LogP contribution in [0.25, 0.3) is 0 Å². The molecule has 1 fully saturated rings. The van der Waals surface area contributed by atoms with E-state index in [9.17, 15) is 9.59 Å². The van der Waals surface area contributed by atoms with E-state index in [2.05, 4.69) is 39.8 Å². The van der Waals surface area contributed by atoms with Gasteiger partial charge < -0.3 is 10.6 Å². The molecule has 2 aromatic rings. The molecule has 0 aliphatic carbocycles. The lowest BCUT2D eigenvalue weighted by atomic mass is 9.96. The van der Waals surface area contributed by atoms with Gasteiger partial charge in [0.15, 0.2) is 0 Å². The molecule has 1 aliphatic rings. The summed E-state index contributed by atoms with van der Waals surface area (Å²) < 4.78 is 0. The van der Waals surface area contributed by atoms with Gasteiger partial charge >= 0.3 is 11.8 Å². The van der Waals surface area contributed by atoms with Crippen LogP contribution in [0.3, 0.4) is 0 Å². The second kappa shape index (κ2) is 9.51. The second-order valence-electron chi connectivity index (χ2n) is 7.67. The van der Waals surface area contributed by atoms with Crippen molar-refractivity contribution in [3.05, 3.63) is 65.2 Å². The summed E-state index contributed by atoms with van der Waals surface area (Å²) in [6, 6.07) is 16.1. The number of rotatable bonds is 5. The molecule has 2 amide bonds. The van der Waals surface area contributed by atoms with Crippen molar-refractivity contribution in [1.29, 1.82) is 0 Å². The van der Waals surface area contributed by atoms with Gasteiger partial charge in [-0.05, 0) is 74.5 Å². The summed E-state index contributed by atoms with van der Waals surface area (Å²) in [4.78, 5) is 26.7. The predicted molar refractivity (Wildman–Crippen MR) is 112 cm³/mol. The van der Waals surface area contributed by atoms with E-state index in [0.29, 0.717) is 18.2 Å². The third kappa shape index (κ3) is 5.67. The number of hydrogen-bond acceptors (Lipinski definition) is 3. The van der Waals surface area contributed by atoms with Crippen molar-refractivity contribution in [2.75, 3.05) is 25.0 Å². The van der Waals surface area contributed by atoms with Gasteiger partial charge in [-0.1, -0.05) is 36.4 Å². The Hall–Kier alpha value is -2.66. The van der Waals surface area contributed by atoms with E-state index in [0.717, 1.165) is 43.6 Å². The molecule has 0 radical (unpaired) electrons. The first-order chi connectivity index (χ1) is 13.5. The lowest BCUT2D eigenvalue weighted by molar-refractivity contribution is -0.136. The molecule has 2 N–H and O–H groups in total. The summed E-state index contributed by atoms with van der Waals surface area (Å²) in [6.07, 6.45) is 2.07. The molecule has 0 atom stereocenters. The van der Waals surface area contributed by atoms with Gasteiger partial charge in [0, 0.05) is 18.8 Å². The fourth-order valence-corrected chi connectivity index (χ4v) is 3.51. The van der Waals surface area contributed by atoms with Crippen LogP contribution in [0.5, 0.6) is 0 Å². The Balaban J connectivity index is 1.39. The van der Waals surface area contributed by atoms with Gasteiger partial charge in [0.2, 0.25) is 0 Å². The third-order valence-corrected chi connectivity index (χ3v) is 5.48. The van der Waals surface area contributed by atoms with Gasteiger partial charge in [0.05, 0.1) is 0 Å². The molecule has 5 nitrogen and oxygen atoms in total. The highest BCUT2D eigenvalue weighted by Crippen LogP contribution is 2.18. The fourth-order valence-electron chi connectivity index (χ4n) is 3.51. The van der Waals surface area contributed by atoms with E-state index in [1.54, 1.807) is 0 Å². The number of aryl methyl sites for hydroxylation is 2. The Morgan fingerprint density at radius 3 is 2.36 bits per heavy atom. The van der Waals surface area contributed by atoms with Crippen molar-refractivity contribution in [2.45, 2.75) is 33.2 Å². The number of piperidine rings is 1. The summed E-state index contributed by atoms with van der Waals surface area (Å²) in [5, 5.41) is 5.47. The van der Waals surface area contributed by atoms with Crippen LogP contribution in [0.15, 0.2) is 48.5 Å². The molecule has 0 aromatic heterocycles. The molecule has 2 aromatic carbocycles. The maximum absolute atomic E-state index is 12.1. The number of carbonyl (C=O) groups is 2. The molecule has 28 heavy (non-hydrogen) atoms. The molecular formula is C23H29N3O2. The number of carbonyl (C=O) groups excluding carboxylic acids is 2. The molecule has 0 unspecified atom stereocenters. The van der Waals surface area contributed by atoms with Gasteiger partial charge in [0.1, 0.15) is 0 Å². The Bertz CT molecular complexity index is 812. The summed E-state index contributed by atoms with van der Waals surface area (Å²) >= 11 is 0. The maximum Gasteiger partial charge on any atom is 0.313 e. The number of nitrogens with zero attached hydrogens (tertiary/aromatic N) is 1. The smallest absolute Gasteiger partial charge is 0.313 e. The second-order valence-corrected chi connectivity index (χ2v) is 7.67. The number of likely N-dealkylation sites (tertiary alicyclic amines) is 1. The van der Waals surface area contributed by atoms with Crippen molar-refractivity contribution in [1.82, 2.24) is 10.2 Å². The molecule has 148 valence electrons. The topological polar surface area (TPSA) is 61.4 Å². The van der Waals surface area contributed by atoms with Crippen LogP contribution >= 0.6 is 0 Å². The third-order valence-electron chi connectivity index (χ3n) is 5.48. The van der Waals surface area contributed by atoms with E-state index in [-0.39, 0.29) is 0 Å². The Morgan fingerprint density at radius 1 is 0.964 bits per heavy atom. The summed E-state index contributed by atoms with van der Waals surface area (Å²) in [5.41, 5.74) is 4.22. The summed E-state index contributed by atoms with van der Waals surface area (Å²) in [6.45, 7) is 7.55. The average Bonchev–Trinajstić information content (AvgIpc) is 2.71. The van der Waals surface area contributed by atoms with Crippen molar-refractivity contribution in [3.63, 3.8) is 0 Å². The molecular weight excluding hydrogens is 350 g/mol. The summed E-state index contributed by atoms with van der Waals surface area (Å²) in [5.74, 6) is -0.750. The van der Waals surface area contributed by atoms with Gasteiger partial charge in [-0.15, -0.1) is 0 Å². The van der Waals surface area contributed by atoms with Gasteiger partial charge in [-0.2, -0.15) is 0 Å². The first-order valence-corrected chi connectivity index (χ1v) is 9.94. The fraction of sp³-hybridized carbons (Fsp3) is 0.391. The number of hydrogen-bond donors (Lipinski definition) is 2. The molecule has 1 saturated heterocycles. The zero-order valence-electron chi connectivity index (χ0n) is 16.7. The van der Waals surface area contributed by atoms with Gasteiger partial charge in [0.25, 0.3) is 0 Å². The molecule has 0 spiro atoms. The molecule has 0 bridgehead atoms. The molecule has 5 heteroatoms. The van der Waals surface area contributed by atoms with Gasteiger partial charge in [-0.3, -0.25) is 14.5 Å². The number of nitrogens with one attached hydrogen (secondary N) is 2. The van der Waals surface area contributed by atoms with E-state index in [1.165, 1.54) is 5.56 Å². The minimum Gasteiger partial charge on any atom is -0.348 e. The Kier molecular flexibility index (Phi) is 6.82. The molecule has 0 saturated carbocycles. The van der Waals surface area contributed by atoms with Crippen LogP contribution in [0.2, 0.25) is 0 Å². The normalized spacial score (nSPS) is 15.2. The van der Waals surface area contributed by atoms with Crippen molar-refractivity contribution in [3.8, 4) is 0 Å². The van der Waals surface area contributed by atoms with Crippen LogP contribution in [-0.2, 0) is 16.1 Å². The van der Waals surface area contributed by atoms with Crippen LogP contribution in [0.4, 0.5) is 5.69 Å². The molecule has 1 heterocycles. The highest BCUT2D eigenvalue weighted by Gasteiger charge is 2.21. The van der Waals surface area contributed by atoms with Gasteiger partial charge in [-0.25, -0.2) is 0 Å². The van der Waals surface area contributed by atoms with Crippen LogP contribution < -0.4 is 10.6 Å². The average molecular weight is 380 g/mol. The summed E-state index contributed by atoms with van der Waals surface area (Å²) in [7, 11) is 0. The van der Waals surface area contributed by atoms with Crippen LogP contribution in [0.1, 0.15) is 29.5 Å². The van der Waals surface area contributed by atoms with Crippen molar-refractivity contribution < 1.29 is 9.59 Å². The van der Waals surface area contributed by atoms with E-state index in [1.807, 2.05) is 38.1 Å². The van der Waals surface area contributed by atoms with E-state index < -0.39 is 11.8 Å². The zero-order chi connectivity index (χ0) is 19.9. The van der Waals surface area contributed by atoms with Crippen molar-refractivity contribution >= 4 is 17.5 Å². The number of amides is 2. The monoisotopic (exact) mass is 379 g/mol. The Labute approximate surface area is 167 Å². The standard InChI is InChI=1S/C23H29N3O2/c1-17-8-9-21(14-18(17)2)25-23(28)22(27)24-15-19-10-12-26(13-11-19)16-20-6-4-3-5-7-20/h3-9,14,19H,10-13,15-16H2,1-2H3,(H,24,27)(H,25,28). The number of benzene rings is 2. The molecule has 3 rings (SSSR count). The minimum atomic E-state index is -0.607. The van der Waals surface area contributed by atoms with Crippen molar-refractivity contribution in [2.24, 2.45) is 5.92 Å². The maximum atomic E-state index is 12.1.